The largest absolute Gasteiger partial charge is 0.322 e. The molecule has 6 heteroatoms. The van der Waals surface area contributed by atoms with E-state index in [0.29, 0.717) is 22.9 Å². The number of amides is 3. The van der Waals surface area contributed by atoms with Gasteiger partial charge in [0.05, 0.1) is 10.9 Å². The second kappa shape index (κ2) is 9.63. The van der Waals surface area contributed by atoms with Gasteiger partial charge in [-0.15, -0.1) is 11.8 Å². The van der Waals surface area contributed by atoms with Crippen LogP contribution in [0.4, 0.5) is 11.4 Å². The first-order valence-corrected chi connectivity index (χ1v) is 11.8. The summed E-state index contributed by atoms with van der Waals surface area (Å²) in [5, 5.41) is 2.42. The molecule has 5 nitrogen and oxygen atoms in total. The van der Waals surface area contributed by atoms with Gasteiger partial charge < -0.3 is 5.32 Å². The molecule has 0 radical (unpaired) electrons. The minimum absolute atomic E-state index is 0.168. The topological polar surface area (TPSA) is 66.5 Å². The van der Waals surface area contributed by atoms with E-state index in [0.717, 1.165) is 10.5 Å². The number of nitrogens with zero attached hydrogens (tertiary/aromatic N) is 1. The molecular weight excluding hydrogens is 432 g/mol. The first-order valence-electron chi connectivity index (χ1n) is 10.9. The molecule has 0 spiro atoms. The quantitative estimate of drug-likeness (QED) is 0.475. The predicted molar refractivity (Wildman–Crippen MR) is 133 cm³/mol. The Bertz CT molecular complexity index is 1170. The highest BCUT2D eigenvalue weighted by atomic mass is 32.2. The zero-order chi connectivity index (χ0) is 23.5. The number of carbonyl (C=O) groups is 3. The van der Waals surface area contributed by atoms with Crippen LogP contribution in [0.15, 0.2) is 77.7 Å². The number of benzene rings is 3. The van der Waals surface area contributed by atoms with Gasteiger partial charge in [0, 0.05) is 22.6 Å². The number of anilines is 2. The summed E-state index contributed by atoms with van der Waals surface area (Å²) in [5.41, 5.74) is 4.14. The van der Waals surface area contributed by atoms with Crippen molar-refractivity contribution in [2.24, 2.45) is 0 Å². The molecule has 1 aliphatic heterocycles. The molecule has 3 aromatic carbocycles. The highest BCUT2D eigenvalue weighted by molar-refractivity contribution is 8.00. The molecule has 0 aromatic heterocycles. The maximum Gasteiger partial charge on any atom is 0.255 e. The smallest absolute Gasteiger partial charge is 0.255 e. The molecule has 1 saturated heterocycles. The lowest BCUT2D eigenvalue weighted by atomic mass is 10.0. The van der Waals surface area contributed by atoms with Crippen molar-refractivity contribution >= 4 is 40.9 Å². The van der Waals surface area contributed by atoms with Crippen LogP contribution >= 0.6 is 11.8 Å². The molecule has 33 heavy (non-hydrogen) atoms. The zero-order valence-corrected chi connectivity index (χ0v) is 19.7. The van der Waals surface area contributed by atoms with Crippen molar-refractivity contribution in [3.8, 4) is 0 Å². The summed E-state index contributed by atoms with van der Waals surface area (Å²) in [4.78, 5) is 40.1. The molecule has 1 aliphatic rings. The summed E-state index contributed by atoms with van der Waals surface area (Å²) in [6, 6.07) is 22.3. The predicted octanol–water partition coefficient (Wildman–Crippen LogP) is 5.79. The van der Waals surface area contributed by atoms with Crippen molar-refractivity contribution in [1.29, 1.82) is 0 Å². The standard InChI is InChI=1S/C27H26N2O3S/c1-17(2)19-8-12-22(13-9-19)29-25(30)16-24(27(29)32)33-23-14-10-21(11-15-23)28-26(31)20-6-4-18(3)5-7-20/h4-15,17,24H,16H2,1-3H3,(H,28,31). The number of carbonyl (C=O) groups excluding carboxylic acids is 3. The van der Waals surface area contributed by atoms with Crippen LogP contribution in [0.5, 0.6) is 0 Å². The number of rotatable bonds is 6. The van der Waals surface area contributed by atoms with Crippen LogP contribution in [0.2, 0.25) is 0 Å². The number of hydrogen-bond acceptors (Lipinski definition) is 4. The molecule has 1 fully saturated rings. The molecule has 1 unspecified atom stereocenters. The average molecular weight is 459 g/mol. The average Bonchev–Trinajstić information content (AvgIpc) is 3.08. The lowest BCUT2D eigenvalue weighted by Gasteiger charge is -2.16. The fourth-order valence-electron chi connectivity index (χ4n) is 3.66. The molecule has 0 saturated carbocycles. The van der Waals surface area contributed by atoms with Gasteiger partial charge in [-0.3, -0.25) is 14.4 Å². The van der Waals surface area contributed by atoms with E-state index in [4.69, 9.17) is 0 Å². The van der Waals surface area contributed by atoms with Crippen molar-refractivity contribution < 1.29 is 14.4 Å². The van der Waals surface area contributed by atoms with Gasteiger partial charge in [-0.2, -0.15) is 0 Å². The molecule has 1 N–H and O–H groups in total. The summed E-state index contributed by atoms with van der Waals surface area (Å²) in [5.74, 6) is -0.168. The van der Waals surface area contributed by atoms with Crippen LogP contribution in [0.1, 0.15) is 47.7 Å². The lowest BCUT2D eigenvalue weighted by Crippen LogP contribution is -2.31. The first-order chi connectivity index (χ1) is 15.8. The van der Waals surface area contributed by atoms with Crippen molar-refractivity contribution in [3.05, 3.63) is 89.5 Å². The van der Waals surface area contributed by atoms with Crippen molar-refractivity contribution in [1.82, 2.24) is 0 Å². The number of nitrogens with one attached hydrogen (secondary N) is 1. The fourth-order valence-corrected chi connectivity index (χ4v) is 4.72. The third-order valence-corrected chi connectivity index (χ3v) is 6.82. The van der Waals surface area contributed by atoms with Gasteiger partial charge in [0.25, 0.3) is 5.91 Å². The van der Waals surface area contributed by atoms with Crippen LogP contribution in [0, 0.1) is 6.92 Å². The summed E-state index contributed by atoms with van der Waals surface area (Å²) in [6.07, 6.45) is 0.168. The Morgan fingerprint density at radius 1 is 0.939 bits per heavy atom. The van der Waals surface area contributed by atoms with Gasteiger partial charge in [0.1, 0.15) is 0 Å². The Hall–Kier alpha value is -3.38. The molecule has 1 heterocycles. The number of aryl methyl sites for hydroxylation is 1. The van der Waals surface area contributed by atoms with Crippen LogP contribution < -0.4 is 10.2 Å². The Morgan fingerprint density at radius 2 is 1.58 bits per heavy atom. The normalized spacial score (nSPS) is 15.9. The van der Waals surface area contributed by atoms with E-state index in [1.807, 2.05) is 55.5 Å². The summed E-state index contributed by atoms with van der Waals surface area (Å²) in [7, 11) is 0. The molecule has 0 aliphatic carbocycles. The Labute approximate surface area is 198 Å². The molecule has 0 bridgehead atoms. The van der Waals surface area contributed by atoms with E-state index in [9.17, 15) is 14.4 Å². The van der Waals surface area contributed by atoms with Crippen LogP contribution in [0.25, 0.3) is 0 Å². The monoisotopic (exact) mass is 458 g/mol. The minimum atomic E-state index is -0.463. The second-order valence-electron chi connectivity index (χ2n) is 8.47. The molecule has 3 amide bonds. The molecule has 1 atom stereocenters. The fraction of sp³-hybridized carbons (Fsp3) is 0.222. The SMILES string of the molecule is Cc1ccc(C(=O)Nc2ccc(SC3CC(=O)N(c4ccc(C(C)C)cc4)C3=O)cc2)cc1. The van der Waals surface area contributed by atoms with Crippen LogP contribution in [-0.2, 0) is 9.59 Å². The Balaban J connectivity index is 1.39. The highest BCUT2D eigenvalue weighted by Crippen LogP contribution is 2.34. The molecule has 168 valence electrons. The highest BCUT2D eigenvalue weighted by Gasteiger charge is 2.40. The van der Waals surface area contributed by atoms with Gasteiger partial charge in [-0.25, -0.2) is 4.90 Å². The second-order valence-corrected chi connectivity index (χ2v) is 9.74. The molecular formula is C27H26N2O3S. The molecule has 3 aromatic rings. The Kier molecular flexibility index (Phi) is 6.65. The third-order valence-electron chi connectivity index (χ3n) is 5.63. The van der Waals surface area contributed by atoms with Gasteiger partial charge in [0.2, 0.25) is 11.8 Å². The third kappa shape index (κ3) is 5.17. The summed E-state index contributed by atoms with van der Waals surface area (Å²) < 4.78 is 0. The first kappa shape index (κ1) is 22.8. The van der Waals surface area contributed by atoms with Crippen molar-refractivity contribution in [2.45, 2.75) is 43.3 Å². The van der Waals surface area contributed by atoms with Gasteiger partial charge >= 0.3 is 0 Å². The van der Waals surface area contributed by atoms with E-state index < -0.39 is 5.25 Å². The Morgan fingerprint density at radius 3 is 2.18 bits per heavy atom. The number of hydrogen-bond donors (Lipinski definition) is 1. The van der Waals surface area contributed by atoms with Crippen LogP contribution in [0.3, 0.4) is 0 Å². The lowest BCUT2D eigenvalue weighted by molar-refractivity contribution is -0.121. The summed E-state index contributed by atoms with van der Waals surface area (Å²) in [6.45, 7) is 6.18. The van der Waals surface area contributed by atoms with Gasteiger partial charge in [0.15, 0.2) is 0 Å². The molecule has 4 rings (SSSR count). The van der Waals surface area contributed by atoms with E-state index in [2.05, 4.69) is 19.2 Å². The van der Waals surface area contributed by atoms with E-state index in [1.54, 1.807) is 24.3 Å². The zero-order valence-electron chi connectivity index (χ0n) is 18.9. The van der Waals surface area contributed by atoms with Gasteiger partial charge in [-0.1, -0.05) is 43.7 Å². The van der Waals surface area contributed by atoms with Crippen molar-refractivity contribution in [2.75, 3.05) is 10.2 Å². The van der Waals surface area contributed by atoms with E-state index >= 15 is 0 Å². The maximum absolute atomic E-state index is 13.0. The van der Waals surface area contributed by atoms with E-state index in [1.165, 1.54) is 22.2 Å². The number of thioether (sulfide) groups is 1. The maximum atomic E-state index is 13.0. The van der Waals surface area contributed by atoms with E-state index in [-0.39, 0.29) is 24.1 Å². The summed E-state index contributed by atoms with van der Waals surface area (Å²) >= 11 is 1.37. The minimum Gasteiger partial charge on any atom is -0.322 e. The van der Waals surface area contributed by atoms with Crippen molar-refractivity contribution in [3.63, 3.8) is 0 Å². The van der Waals surface area contributed by atoms with Gasteiger partial charge in [-0.05, 0) is 66.9 Å². The van der Waals surface area contributed by atoms with Crippen LogP contribution in [-0.4, -0.2) is 23.0 Å². The number of imide groups is 1.